The number of unbranched alkanes of at least 4 members (excludes halogenated alkanes) is 2. The number of carbonyl (C=O) groups excluding carboxylic acids is 2. The van der Waals surface area contributed by atoms with Crippen LogP contribution < -0.4 is 11.1 Å². The summed E-state index contributed by atoms with van der Waals surface area (Å²) in [5.41, 5.74) is 5.33. The summed E-state index contributed by atoms with van der Waals surface area (Å²) in [6.45, 7) is 1.66. The Kier molecular flexibility index (Phi) is 10.8. The molecule has 0 radical (unpaired) electrons. The minimum atomic E-state index is -0.198. The van der Waals surface area contributed by atoms with E-state index in [2.05, 4.69) is 15.3 Å². The molecule has 0 fully saturated rings. The highest BCUT2D eigenvalue weighted by atomic mass is 16.1. The molecule has 0 aliphatic carbocycles. The largest absolute Gasteiger partial charge is 0.329 e. The zero-order valence-electron chi connectivity index (χ0n) is 9.32. The Balaban J connectivity index is 3.58. The van der Waals surface area contributed by atoms with Crippen LogP contribution in [0.15, 0.2) is 9.98 Å². The van der Waals surface area contributed by atoms with Crippen molar-refractivity contribution < 1.29 is 9.59 Å². The molecule has 0 aromatic rings. The van der Waals surface area contributed by atoms with Crippen LogP contribution in [-0.2, 0) is 9.59 Å². The summed E-state index contributed by atoms with van der Waals surface area (Å²) in [7, 11) is 0. The molecular formula is C10H18N4O2. The SMILES string of the molecule is NCCNC(CCCCCN=C=O)N=C=O. The fraction of sp³-hybridized carbons (Fsp3) is 0.800. The molecule has 0 heterocycles. The van der Waals surface area contributed by atoms with Gasteiger partial charge in [-0.1, -0.05) is 6.42 Å². The number of hydrogen-bond donors (Lipinski definition) is 2. The average molecular weight is 226 g/mol. The van der Waals surface area contributed by atoms with Gasteiger partial charge in [-0.15, -0.1) is 0 Å². The number of nitrogens with one attached hydrogen (secondary N) is 1. The first kappa shape index (κ1) is 14.7. The fourth-order valence-corrected chi connectivity index (χ4v) is 1.28. The first-order valence-corrected chi connectivity index (χ1v) is 5.39. The van der Waals surface area contributed by atoms with Crippen LogP contribution in [0.4, 0.5) is 0 Å². The third-order valence-corrected chi connectivity index (χ3v) is 2.04. The van der Waals surface area contributed by atoms with Crippen LogP contribution in [0.1, 0.15) is 25.7 Å². The van der Waals surface area contributed by atoms with Crippen molar-refractivity contribution >= 4 is 12.2 Å². The van der Waals surface area contributed by atoms with E-state index in [9.17, 15) is 9.59 Å². The highest BCUT2D eigenvalue weighted by Gasteiger charge is 2.04. The summed E-state index contributed by atoms with van der Waals surface area (Å²) in [6, 6.07) is 0. The number of isocyanates is 2. The van der Waals surface area contributed by atoms with Crippen LogP contribution in [0.5, 0.6) is 0 Å². The average Bonchev–Trinajstić information content (AvgIpc) is 2.30. The van der Waals surface area contributed by atoms with E-state index < -0.39 is 0 Å². The molecule has 0 amide bonds. The molecule has 16 heavy (non-hydrogen) atoms. The van der Waals surface area contributed by atoms with Gasteiger partial charge in [0.25, 0.3) is 0 Å². The van der Waals surface area contributed by atoms with E-state index in [1.165, 1.54) is 12.2 Å². The van der Waals surface area contributed by atoms with Crippen molar-refractivity contribution in [1.82, 2.24) is 5.32 Å². The molecule has 0 aromatic heterocycles. The minimum Gasteiger partial charge on any atom is -0.329 e. The highest BCUT2D eigenvalue weighted by molar-refractivity contribution is 5.33. The van der Waals surface area contributed by atoms with E-state index in [0.717, 1.165) is 25.7 Å². The lowest BCUT2D eigenvalue weighted by Gasteiger charge is -2.11. The maximum absolute atomic E-state index is 10.1. The number of nitrogens with two attached hydrogens (primary N) is 1. The number of hydrogen-bond acceptors (Lipinski definition) is 6. The molecular weight excluding hydrogens is 208 g/mol. The molecule has 0 aromatic carbocycles. The van der Waals surface area contributed by atoms with Gasteiger partial charge in [-0.05, 0) is 19.3 Å². The van der Waals surface area contributed by atoms with Crippen LogP contribution >= 0.6 is 0 Å². The van der Waals surface area contributed by atoms with Gasteiger partial charge in [0, 0.05) is 13.1 Å². The zero-order chi connectivity index (χ0) is 12.1. The van der Waals surface area contributed by atoms with Gasteiger partial charge in [0.2, 0.25) is 12.2 Å². The van der Waals surface area contributed by atoms with Gasteiger partial charge in [-0.3, -0.25) is 5.32 Å². The molecule has 0 rings (SSSR count). The van der Waals surface area contributed by atoms with Crippen molar-refractivity contribution in [1.29, 1.82) is 0 Å². The predicted molar refractivity (Wildman–Crippen MR) is 60.4 cm³/mol. The van der Waals surface area contributed by atoms with Crippen LogP contribution in [-0.4, -0.2) is 38.0 Å². The molecule has 0 bridgehead atoms. The van der Waals surface area contributed by atoms with Gasteiger partial charge in [0.1, 0.15) is 6.17 Å². The summed E-state index contributed by atoms with van der Waals surface area (Å²) in [5, 5.41) is 3.03. The van der Waals surface area contributed by atoms with E-state index in [-0.39, 0.29) is 6.17 Å². The third kappa shape index (κ3) is 9.24. The van der Waals surface area contributed by atoms with Crippen molar-refractivity contribution in [2.24, 2.45) is 15.7 Å². The molecule has 0 aliphatic heterocycles. The maximum Gasteiger partial charge on any atom is 0.236 e. The van der Waals surface area contributed by atoms with Gasteiger partial charge < -0.3 is 5.73 Å². The molecule has 0 aliphatic rings. The molecule has 3 N–H and O–H groups in total. The zero-order valence-corrected chi connectivity index (χ0v) is 9.32. The lowest BCUT2D eigenvalue weighted by Crippen LogP contribution is -2.31. The molecule has 6 nitrogen and oxygen atoms in total. The first-order valence-electron chi connectivity index (χ1n) is 5.39. The standard InChI is InChI=1S/C10H18N4O2/c11-5-7-13-10(14-9-16)4-2-1-3-6-12-8-15/h10,13H,1-7,11H2. The second-order valence-corrected chi connectivity index (χ2v) is 3.30. The lowest BCUT2D eigenvalue weighted by atomic mass is 10.1. The molecule has 90 valence electrons. The van der Waals surface area contributed by atoms with Gasteiger partial charge >= 0.3 is 0 Å². The summed E-state index contributed by atoms with van der Waals surface area (Å²) in [5.74, 6) is 0. The van der Waals surface area contributed by atoms with Gasteiger partial charge in [-0.2, -0.15) is 4.99 Å². The van der Waals surface area contributed by atoms with E-state index in [0.29, 0.717) is 19.6 Å². The molecule has 6 heteroatoms. The predicted octanol–water partition coefficient (Wildman–Crippen LogP) is 0.0928. The number of rotatable bonds is 10. The van der Waals surface area contributed by atoms with E-state index >= 15 is 0 Å². The quantitative estimate of drug-likeness (QED) is 0.313. The van der Waals surface area contributed by atoms with Crippen LogP contribution in [0.3, 0.4) is 0 Å². The Morgan fingerprint density at radius 3 is 2.62 bits per heavy atom. The normalized spacial score (nSPS) is 11.3. The highest BCUT2D eigenvalue weighted by Crippen LogP contribution is 2.04. The Morgan fingerprint density at radius 1 is 1.19 bits per heavy atom. The number of aliphatic imine (C=N–C) groups is 2. The summed E-state index contributed by atoms with van der Waals surface area (Å²) < 4.78 is 0. The molecule has 0 saturated carbocycles. The van der Waals surface area contributed by atoms with E-state index in [1.807, 2.05) is 0 Å². The fourth-order valence-electron chi connectivity index (χ4n) is 1.28. The van der Waals surface area contributed by atoms with Gasteiger partial charge in [-0.25, -0.2) is 14.6 Å². The van der Waals surface area contributed by atoms with Gasteiger partial charge in [0.05, 0.1) is 6.54 Å². The van der Waals surface area contributed by atoms with Crippen molar-refractivity contribution in [3.8, 4) is 0 Å². The Morgan fingerprint density at radius 2 is 2.00 bits per heavy atom. The number of nitrogens with zero attached hydrogens (tertiary/aromatic N) is 2. The summed E-state index contributed by atoms with van der Waals surface area (Å²) in [4.78, 5) is 27.0. The van der Waals surface area contributed by atoms with Crippen molar-refractivity contribution in [2.45, 2.75) is 31.8 Å². The monoisotopic (exact) mass is 226 g/mol. The summed E-state index contributed by atoms with van der Waals surface area (Å²) >= 11 is 0. The topological polar surface area (TPSA) is 96.9 Å². The summed E-state index contributed by atoms with van der Waals surface area (Å²) in [6.07, 6.45) is 6.31. The Bertz CT molecular complexity index is 258. The van der Waals surface area contributed by atoms with Crippen LogP contribution in [0.25, 0.3) is 0 Å². The molecule has 1 unspecified atom stereocenters. The van der Waals surface area contributed by atoms with Crippen LogP contribution in [0.2, 0.25) is 0 Å². The van der Waals surface area contributed by atoms with Crippen molar-refractivity contribution in [3.05, 3.63) is 0 Å². The maximum atomic E-state index is 10.1. The third-order valence-electron chi connectivity index (χ3n) is 2.04. The lowest BCUT2D eigenvalue weighted by molar-refractivity contribution is 0.469. The molecule has 0 spiro atoms. The second-order valence-electron chi connectivity index (χ2n) is 3.30. The Labute approximate surface area is 95.0 Å². The van der Waals surface area contributed by atoms with Gasteiger partial charge in [0.15, 0.2) is 0 Å². The second kappa shape index (κ2) is 11.8. The molecule has 0 saturated heterocycles. The van der Waals surface area contributed by atoms with E-state index in [4.69, 9.17) is 5.73 Å². The van der Waals surface area contributed by atoms with E-state index in [1.54, 1.807) is 0 Å². The van der Waals surface area contributed by atoms with Crippen LogP contribution in [0, 0.1) is 0 Å². The first-order chi connectivity index (χ1) is 7.85. The smallest absolute Gasteiger partial charge is 0.236 e. The minimum absolute atomic E-state index is 0.198. The van der Waals surface area contributed by atoms with Crippen molar-refractivity contribution in [3.63, 3.8) is 0 Å². The van der Waals surface area contributed by atoms with Crippen molar-refractivity contribution in [2.75, 3.05) is 19.6 Å². The Hall–Kier alpha value is -1.32. The molecule has 1 atom stereocenters.